The first-order valence-corrected chi connectivity index (χ1v) is 13.4. The number of likely N-dealkylation sites (tertiary alicyclic amines) is 1. The Hall–Kier alpha value is -1.37. The molecule has 0 radical (unpaired) electrons. The summed E-state index contributed by atoms with van der Waals surface area (Å²) in [7, 11) is 1.40. The maximum atomic E-state index is 13.6. The molecule has 0 bridgehead atoms. The summed E-state index contributed by atoms with van der Waals surface area (Å²) in [4.78, 5) is 49.5. The van der Waals surface area contributed by atoms with E-state index in [1.165, 1.54) is 7.11 Å². The predicted molar refractivity (Wildman–Crippen MR) is 134 cm³/mol. The minimum absolute atomic E-state index is 0.0668. The standard InChI is InChI=1S/C22H18BrCl2IN2O6/c1-34-13-5-8(4-12(26)16(13)29)15-9-2-3-10-14(18(31)27-17(10)30)11(9)6-21(24)19(32)28(7-23)20(33)22(15,21)25/h2,4-5,10-11,14-15,29H,3,6-7H2,1H3,(H,27,30,31)/t10-,11+,14-,15-,21+,22-/m0/s1. The van der Waals surface area contributed by atoms with Gasteiger partial charge in [0.2, 0.25) is 11.8 Å². The highest BCUT2D eigenvalue weighted by Gasteiger charge is 2.76. The van der Waals surface area contributed by atoms with E-state index in [4.69, 9.17) is 27.9 Å². The van der Waals surface area contributed by atoms with Gasteiger partial charge in [0.15, 0.2) is 21.2 Å². The van der Waals surface area contributed by atoms with Crippen molar-refractivity contribution in [1.29, 1.82) is 0 Å². The van der Waals surface area contributed by atoms with Crippen molar-refractivity contribution in [2.45, 2.75) is 28.5 Å². The lowest BCUT2D eigenvalue weighted by molar-refractivity contribution is -0.138. The van der Waals surface area contributed by atoms with E-state index in [2.05, 4.69) is 21.2 Å². The highest BCUT2D eigenvalue weighted by Crippen LogP contribution is 2.65. The molecule has 5 rings (SSSR count). The molecule has 2 aliphatic carbocycles. The van der Waals surface area contributed by atoms with Crippen molar-refractivity contribution in [3.05, 3.63) is 32.9 Å². The molecule has 8 nitrogen and oxygen atoms in total. The minimum Gasteiger partial charge on any atom is -0.504 e. The van der Waals surface area contributed by atoms with Crippen molar-refractivity contribution in [2.24, 2.45) is 17.8 Å². The van der Waals surface area contributed by atoms with Gasteiger partial charge in [0.1, 0.15) is 0 Å². The quantitative estimate of drug-likeness (QED) is 0.167. The number of alkyl halides is 3. The lowest BCUT2D eigenvalue weighted by Crippen LogP contribution is -2.60. The Morgan fingerprint density at radius 1 is 1.21 bits per heavy atom. The molecule has 4 amide bonds. The number of phenols is 1. The number of allylic oxidation sites excluding steroid dienone is 2. The molecule has 4 aliphatic rings. The van der Waals surface area contributed by atoms with Gasteiger partial charge in [-0.05, 0) is 59.0 Å². The zero-order valence-electron chi connectivity index (χ0n) is 17.6. The van der Waals surface area contributed by atoms with Gasteiger partial charge < -0.3 is 9.84 Å². The van der Waals surface area contributed by atoms with Gasteiger partial charge in [0.05, 0.1) is 28.0 Å². The van der Waals surface area contributed by atoms with E-state index in [0.29, 0.717) is 21.1 Å². The Bertz CT molecular complexity index is 1210. The number of ether oxygens (including phenoxy) is 1. The van der Waals surface area contributed by atoms with Crippen LogP contribution >= 0.6 is 61.7 Å². The van der Waals surface area contributed by atoms with Crippen LogP contribution in [0.1, 0.15) is 24.3 Å². The first kappa shape index (κ1) is 24.3. The molecule has 3 fully saturated rings. The molecule has 2 aliphatic heterocycles. The second kappa shape index (κ2) is 8.07. The van der Waals surface area contributed by atoms with E-state index in [0.717, 1.165) is 4.90 Å². The van der Waals surface area contributed by atoms with E-state index in [-0.39, 0.29) is 29.3 Å². The maximum absolute atomic E-state index is 13.6. The minimum atomic E-state index is -1.89. The van der Waals surface area contributed by atoms with Crippen molar-refractivity contribution >= 4 is 85.4 Å². The number of phenolic OH excluding ortho intramolecular Hbond substituents is 1. The number of nitrogens with one attached hydrogen (secondary N) is 1. The van der Waals surface area contributed by atoms with Gasteiger partial charge >= 0.3 is 0 Å². The number of carbonyl (C=O) groups is 4. The number of hydrogen-bond acceptors (Lipinski definition) is 6. The maximum Gasteiger partial charge on any atom is 0.254 e. The first-order valence-electron chi connectivity index (χ1n) is 10.4. The number of benzene rings is 1. The van der Waals surface area contributed by atoms with Gasteiger partial charge in [-0.2, -0.15) is 0 Å². The van der Waals surface area contributed by atoms with E-state index in [9.17, 15) is 24.3 Å². The van der Waals surface area contributed by atoms with Crippen molar-refractivity contribution < 1.29 is 29.0 Å². The third kappa shape index (κ3) is 2.94. The number of carbonyl (C=O) groups excluding carboxylic acids is 4. The largest absolute Gasteiger partial charge is 0.504 e. The van der Waals surface area contributed by atoms with E-state index >= 15 is 0 Å². The Balaban J connectivity index is 1.78. The second-order valence-electron chi connectivity index (χ2n) is 8.89. The molecule has 2 saturated heterocycles. The Morgan fingerprint density at radius 2 is 1.91 bits per heavy atom. The Morgan fingerprint density at radius 3 is 2.56 bits per heavy atom. The van der Waals surface area contributed by atoms with Crippen molar-refractivity contribution in [1.82, 2.24) is 10.2 Å². The fraction of sp³-hybridized carbons (Fsp3) is 0.455. The molecule has 34 heavy (non-hydrogen) atoms. The summed E-state index contributed by atoms with van der Waals surface area (Å²) in [5.74, 6) is -4.75. The van der Waals surface area contributed by atoms with Crippen LogP contribution in [0.25, 0.3) is 0 Å². The van der Waals surface area contributed by atoms with Crippen LogP contribution in [0.3, 0.4) is 0 Å². The summed E-state index contributed by atoms with van der Waals surface area (Å²) in [6.45, 7) is 0. The average molecular weight is 684 g/mol. The zero-order chi connectivity index (χ0) is 24.7. The third-order valence-electron chi connectivity index (χ3n) is 7.46. The number of nitrogens with zero attached hydrogens (tertiary/aromatic N) is 1. The fourth-order valence-electron chi connectivity index (χ4n) is 5.95. The normalized spacial score (nSPS) is 36.6. The lowest BCUT2D eigenvalue weighted by atomic mass is 9.56. The lowest BCUT2D eigenvalue weighted by Gasteiger charge is -2.50. The number of methoxy groups -OCH3 is 1. The van der Waals surface area contributed by atoms with Crippen LogP contribution in [-0.4, -0.2) is 55.9 Å². The van der Waals surface area contributed by atoms with Gasteiger partial charge in [-0.15, -0.1) is 23.2 Å². The average Bonchev–Trinajstić information content (AvgIpc) is 3.17. The van der Waals surface area contributed by atoms with Gasteiger partial charge in [-0.25, -0.2) is 0 Å². The highest BCUT2D eigenvalue weighted by molar-refractivity contribution is 14.1. The van der Waals surface area contributed by atoms with Crippen molar-refractivity contribution in [3.8, 4) is 11.5 Å². The summed E-state index contributed by atoms with van der Waals surface area (Å²) in [6.07, 6.45) is 2.07. The first-order chi connectivity index (χ1) is 16.0. The molecule has 12 heteroatoms. The molecule has 2 heterocycles. The number of hydrogen-bond donors (Lipinski definition) is 2. The number of rotatable bonds is 3. The monoisotopic (exact) mass is 682 g/mol. The van der Waals surface area contributed by atoms with Crippen molar-refractivity contribution in [2.75, 3.05) is 12.6 Å². The van der Waals surface area contributed by atoms with Gasteiger partial charge in [-0.1, -0.05) is 27.6 Å². The molecular weight excluding hydrogens is 666 g/mol. The summed E-state index contributed by atoms with van der Waals surface area (Å²) >= 11 is 19.3. The molecule has 2 N–H and O–H groups in total. The third-order valence-corrected chi connectivity index (χ3v) is 10.2. The molecule has 6 atom stereocenters. The van der Waals surface area contributed by atoms with Gasteiger partial charge in [0, 0.05) is 5.92 Å². The van der Waals surface area contributed by atoms with Crippen LogP contribution in [-0.2, 0) is 19.2 Å². The van der Waals surface area contributed by atoms with E-state index < -0.39 is 51.1 Å². The topological polar surface area (TPSA) is 113 Å². The summed E-state index contributed by atoms with van der Waals surface area (Å²) < 4.78 is 5.78. The molecule has 0 unspecified atom stereocenters. The van der Waals surface area contributed by atoms with E-state index in [1.54, 1.807) is 12.1 Å². The molecule has 1 aromatic carbocycles. The van der Waals surface area contributed by atoms with E-state index in [1.807, 2.05) is 28.7 Å². The van der Waals surface area contributed by atoms with Crippen LogP contribution in [0.5, 0.6) is 11.5 Å². The van der Waals surface area contributed by atoms with Crippen LogP contribution in [0, 0.1) is 21.3 Å². The SMILES string of the molecule is COc1cc([C@H]2C3=CC[C@@H]4C(=O)NC(=O)[C@@H]4[C@@H]3C[C@@]3(Cl)C(=O)N(CBr)C(=O)[C@@]23Cl)cc(I)c1O. The fourth-order valence-corrected chi connectivity index (χ4v) is 8.00. The number of amides is 4. The molecule has 0 aromatic heterocycles. The molecule has 1 saturated carbocycles. The van der Waals surface area contributed by atoms with Gasteiger partial charge in [-0.3, -0.25) is 29.4 Å². The van der Waals surface area contributed by atoms with Gasteiger partial charge in [0.25, 0.3) is 11.8 Å². The summed E-state index contributed by atoms with van der Waals surface area (Å²) in [5, 5.41) is 12.8. The van der Waals surface area contributed by atoms with Crippen LogP contribution < -0.4 is 10.1 Å². The summed E-state index contributed by atoms with van der Waals surface area (Å²) in [6, 6.07) is 3.22. The number of imide groups is 2. The molecule has 0 spiro atoms. The Labute approximate surface area is 226 Å². The molecular formula is C22H18BrCl2IN2O6. The van der Waals surface area contributed by atoms with Crippen LogP contribution in [0.2, 0.25) is 0 Å². The highest BCUT2D eigenvalue weighted by atomic mass is 127. The van der Waals surface area contributed by atoms with Crippen LogP contribution in [0.15, 0.2) is 23.8 Å². The Kier molecular flexibility index (Phi) is 5.78. The van der Waals surface area contributed by atoms with Crippen LogP contribution in [0.4, 0.5) is 0 Å². The smallest absolute Gasteiger partial charge is 0.254 e. The predicted octanol–water partition coefficient (Wildman–Crippen LogP) is 3.00. The summed E-state index contributed by atoms with van der Waals surface area (Å²) in [5.41, 5.74) is 1.10. The zero-order valence-corrected chi connectivity index (χ0v) is 22.9. The molecule has 180 valence electrons. The number of halogens is 4. The number of aromatic hydroxyl groups is 1. The second-order valence-corrected chi connectivity index (χ2v) is 11.8. The number of fused-ring (bicyclic) bond motifs is 4. The molecule has 1 aromatic rings. The van der Waals surface area contributed by atoms with Crippen molar-refractivity contribution in [3.63, 3.8) is 0 Å².